The molecule has 3 saturated heterocycles. The summed E-state index contributed by atoms with van der Waals surface area (Å²) in [5.41, 5.74) is 2.19. The molecule has 1 aromatic rings. The summed E-state index contributed by atoms with van der Waals surface area (Å²) in [4.78, 5) is 29.2. The van der Waals surface area contributed by atoms with Gasteiger partial charge in [-0.25, -0.2) is 0 Å². The summed E-state index contributed by atoms with van der Waals surface area (Å²) in [5, 5.41) is 4.19. The predicted octanol–water partition coefficient (Wildman–Crippen LogP) is 1.61. The van der Waals surface area contributed by atoms with Crippen molar-refractivity contribution in [1.29, 1.82) is 0 Å². The number of hydrogen-bond donors (Lipinski definition) is 0. The number of aryl methyl sites for hydroxylation is 1. The fourth-order valence-corrected chi connectivity index (χ4v) is 3.56. The number of carbonyl (C=O) groups is 2. The molecule has 2 atom stereocenters. The lowest BCUT2D eigenvalue weighted by molar-refractivity contribution is -0.139. The van der Waals surface area contributed by atoms with Gasteiger partial charge in [-0.15, -0.1) is 0 Å². The molecule has 0 saturated carbocycles. The normalized spacial score (nSPS) is 23.4. The Labute approximate surface area is 143 Å². The van der Waals surface area contributed by atoms with Crippen molar-refractivity contribution in [3.8, 4) is 0 Å². The third kappa shape index (κ3) is 3.37. The minimum atomic E-state index is -0.0584. The quantitative estimate of drug-likeness (QED) is 0.788. The van der Waals surface area contributed by atoms with Gasteiger partial charge in [-0.2, -0.15) is 5.10 Å². The summed E-state index contributed by atoms with van der Waals surface area (Å²) in [5.74, 6) is 0.196. The molecule has 3 aliphatic rings. The second kappa shape index (κ2) is 6.79. The van der Waals surface area contributed by atoms with E-state index in [1.165, 1.54) is 5.57 Å². The van der Waals surface area contributed by atoms with Gasteiger partial charge >= 0.3 is 0 Å². The van der Waals surface area contributed by atoms with E-state index >= 15 is 0 Å². The summed E-state index contributed by atoms with van der Waals surface area (Å²) >= 11 is 0. The van der Waals surface area contributed by atoms with Gasteiger partial charge in [0.1, 0.15) is 6.54 Å². The average molecular weight is 330 g/mol. The number of amides is 2. The number of fused-ring (bicyclic) bond motifs is 4. The van der Waals surface area contributed by atoms with Crippen LogP contribution in [-0.2, 0) is 16.1 Å². The van der Waals surface area contributed by atoms with Crippen LogP contribution in [0.5, 0.6) is 0 Å². The molecule has 2 amide bonds. The number of piperidine rings is 1. The Morgan fingerprint density at radius 1 is 1.33 bits per heavy atom. The zero-order valence-corrected chi connectivity index (χ0v) is 14.7. The molecule has 2 bridgehead atoms. The Hall–Kier alpha value is -2.11. The summed E-state index contributed by atoms with van der Waals surface area (Å²) in [6.07, 6.45) is 5.67. The first kappa shape index (κ1) is 16.7. The van der Waals surface area contributed by atoms with Crippen LogP contribution < -0.4 is 0 Å². The number of nitrogens with zero attached hydrogens (tertiary/aromatic N) is 4. The lowest BCUT2D eigenvalue weighted by Gasteiger charge is -2.35. The van der Waals surface area contributed by atoms with Crippen molar-refractivity contribution in [2.24, 2.45) is 5.92 Å². The second-order valence-corrected chi connectivity index (χ2v) is 7.13. The second-order valence-electron chi connectivity index (χ2n) is 7.13. The zero-order valence-electron chi connectivity index (χ0n) is 14.7. The van der Waals surface area contributed by atoms with Crippen molar-refractivity contribution in [2.45, 2.75) is 46.2 Å². The summed E-state index contributed by atoms with van der Waals surface area (Å²) in [7, 11) is 0. The molecule has 4 heterocycles. The third-order valence-electron chi connectivity index (χ3n) is 5.06. The first-order chi connectivity index (χ1) is 11.5. The molecule has 6 nitrogen and oxygen atoms in total. The molecule has 1 aromatic heterocycles. The topological polar surface area (TPSA) is 58.4 Å². The number of rotatable bonds is 4. The van der Waals surface area contributed by atoms with Gasteiger partial charge in [0.05, 0.1) is 5.92 Å². The fraction of sp³-hybridized carbons (Fsp3) is 0.611. The lowest BCUT2D eigenvalue weighted by Crippen LogP contribution is -2.48. The van der Waals surface area contributed by atoms with E-state index in [4.69, 9.17) is 0 Å². The van der Waals surface area contributed by atoms with Gasteiger partial charge in [0, 0.05) is 37.6 Å². The van der Waals surface area contributed by atoms with Crippen molar-refractivity contribution in [3.63, 3.8) is 0 Å². The highest BCUT2D eigenvalue weighted by molar-refractivity contribution is 5.83. The minimum absolute atomic E-state index is 0.0514. The van der Waals surface area contributed by atoms with Gasteiger partial charge in [0.25, 0.3) is 0 Å². The van der Waals surface area contributed by atoms with Crippen molar-refractivity contribution in [3.05, 3.63) is 29.6 Å². The summed E-state index contributed by atoms with van der Waals surface area (Å²) in [6.45, 7) is 8.11. The maximum absolute atomic E-state index is 12.7. The van der Waals surface area contributed by atoms with Crippen molar-refractivity contribution < 1.29 is 9.59 Å². The fourth-order valence-electron chi connectivity index (χ4n) is 3.56. The summed E-state index contributed by atoms with van der Waals surface area (Å²) in [6, 6.07) is 2.03. The first-order valence-corrected chi connectivity index (χ1v) is 8.65. The van der Waals surface area contributed by atoms with Crippen LogP contribution in [0.3, 0.4) is 0 Å². The SMILES string of the molecule is CC(C)=CCN1C(=O)[C@H]2CC[C@@H]1CN(C(=O)Cn1nccc1C)C2. The highest BCUT2D eigenvalue weighted by Gasteiger charge is 2.41. The van der Waals surface area contributed by atoms with E-state index in [1.54, 1.807) is 10.9 Å². The van der Waals surface area contributed by atoms with Gasteiger partial charge in [0.2, 0.25) is 11.8 Å². The van der Waals surface area contributed by atoms with Crippen molar-refractivity contribution in [1.82, 2.24) is 19.6 Å². The number of aromatic nitrogens is 2. The molecular formula is C18H26N4O2. The highest BCUT2D eigenvalue weighted by Crippen LogP contribution is 2.29. The molecule has 0 aliphatic carbocycles. The Morgan fingerprint density at radius 2 is 2.12 bits per heavy atom. The number of allylic oxidation sites excluding steroid dienone is 1. The lowest BCUT2D eigenvalue weighted by atomic mass is 9.94. The monoisotopic (exact) mass is 330 g/mol. The van der Waals surface area contributed by atoms with Gasteiger partial charge in [-0.05, 0) is 39.7 Å². The molecule has 0 unspecified atom stereocenters. The average Bonchev–Trinajstić information content (AvgIpc) is 2.76. The van der Waals surface area contributed by atoms with Crippen LogP contribution in [0.1, 0.15) is 32.4 Å². The van der Waals surface area contributed by atoms with Gasteiger partial charge in [0.15, 0.2) is 0 Å². The molecule has 0 N–H and O–H groups in total. The van der Waals surface area contributed by atoms with Gasteiger partial charge in [-0.3, -0.25) is 14.3 Å². The van der Waals surface area contributed by atoms with E-state index in [0.717, 1.165) is 18.5 Å². The maximum atomic E-state index is 12.7. The number of carbonyl (C=O) groups excluding carboxylic acids is 2. The van der Waals surface area contributed by atoms with Crippen LogP contribution in [0.25, 0.3) is 0 Å². The molecule has 24 heavy (non-hydrogen) atoms. The molecule has 3 aliphatic heterocycles. The Bertz CT molecular complexity index is 660. The molecule has 6 heteroatoms. The van der Waals surface area contributed by atoms with Crippen LogP contribution in [-0.4, -0.2) is 57.1 Å². The van der Waals surface area contributed by atoms with Crippen LogP contribution in [0.4, 0.5) is 0 Å². The highest BCUT2D eigenvalue weighted by atomic mass is 16.2. The third-order valence-corrected chi connectivity index (χ3v) is 5.06. The van der Waals surface area contributed by atoms with E-state index in [-0.39, 0.29) is 30.3 Å². The standard InChI is InChI=1S/C18H26N4O2/c1-13(2)7-9-21-16-5-4-15(18(21)24)10-20(11-16)17(23)12-22-14(3)6-8-19-22/h6-8,15-16H,4-5,9-12H2,1-3H3/t15-,16+/m0/s1. The molecule has 4 rings (SSSR count). The molecule has 0 spiro atoms. The van der Waals surface area contributed by atoms with E-state index in [0.29, 0.717) is 19.6 Å². The van der Waals surface area contributed by atoms with Crippen LogP contribution >= 0.6 is 0 Å². The van der Waals surface area contributed by atoms with Gasteiger partial charge in [-0.1, -0.05) is 11.6 Å². The van der Waals surface area contributed by atoms with Crippen molar-refractivity contribution in [2.75, 3.05) is 19.6 Å². The Balaban J connectivity index is 1.72. The van der Waals surface area contributed by atoms with Crippen LogP contribution in [0.2, 0.25) is 0 Å². The zero-order chi connectivity index (χ0) is 17.3. The summed E-state index contributed by atoms with van der Waals surface area (Å²) < 4.78 is 1.72. The predicted molar refractivity (Wildman–Crippen MR) is 91.2 cm³/mol. The molecule has 0 aromatic carbocycles. The maximum Gasteiger partial charge on any atom is 0.244 e. The van der Waals surface area contributed by atoms with E-state index in [9.17, 15) is 9.59 Å². The molecule has 0 radical (unpaired) electrons. The van der Waals surface area contributed by atoms with E-state index in [2.05, 4.69) is 11.2 Å². The smallest absolute Gasteiger partial charge is 0.244 e. The number of hydrogen-bond acceptors (Lipinski definition) is 3. The minimum Gasteiger partial charge on any atom is -0.338 e. The van der Waals surface area contributed by atoms with E-state index in [1.807, 2.05) is 36.6 Å². The molecular weight excluding hydrogens is 304 g/mol. The first-order valence-electron chi connectivity index (χ1n) is 8.65. The van der Waals surface area contributed by atoms with Crippen molar-refractivity contribution >= 4 is 11.8 Å². The Morgan fingerprint density at radius 3 is 2.79 bits per heavy atom. The Kier molecular flexibility index (Phi) is 4.73. The largest absolute Gasteiger partial charge is 0.338 e. The van der Waals surface area contributed by atoms with E-state index < -0.39 is 0 Å². The van der Waals surface area contributed by atoms with Gasteiger partial charge < -0.3 is 9.80 Å². The van der Waals surface area contributed by atoms with Crippen LogP contribution in [0, 0.1) is 12.8 Å². The molecule has 130 valence electrons. The molecule has 3 fully saturated rings. The van der Waals surface area contributed by atoms with Crippen LogP contribution in [0.15, 0.2) is 23.9 Å².